The molecular weight excluding hydrogens is 566 g/mol. The summed E-state index contributed by atoms with van der Waals surface area (Å²) >= 11 is 0. The van der Waals surface area contributed by atoms with E-state index in [1.807, 2.05) is 6.08 Å². The molecular formula is C38H71NO6. The Bertz CT molecular complexity index is 670. The summed E-state index contributed by atoms with van der Waals surface area (Å²) in [5.74, 6) is -2.56. The summed E-state index contributed by atoms with van der Waals surface area (Å²) in [5, 5.41) is 29.0. The zero-order valence-corrected chi connectivity index (χ0v) is 29.1. The van der Waals surface area contributed by atoms with Crippen molar-refractivity contribution in [2.45, 2.75) is 186 Å². The SMILES string of the molecule is C=CCCCCCCCCCCCCCCCCCCCCC[N+](CCCCC(=O)[O-])(CCCCC(=O)O)CCCCC(=O)O. The van der Waals surface area contributed by atoms with Crippen LogP contribution in [0.5, 0.6) is 0 Å². The number of carboxylic acid groups (broad SMARTS) is 3. The zero-order valence-electron chi connectivity index (χ0n) is 29.1. The van der Waals surface area contributed by atoms with Crippen LogP contribution in [0.3, 0.4) is 0 Å². The lowest BCUT2D eigenvalue weighted by molar-refractivity contribution is -0.929. The normalized spacial score (nSPS) is 11.6. The van der Waals surface area contributed by atoms with E-state index in [1.165, 1.54) is 122 Å². The Morgan fingerprint density at radius 1 is 0.444 bits per heavy atom. The molecule has 0 aliphatic rings. The summed E-state index contributed by atoms with van der Waals surface area (Å²) in [7, 11) is 0. The molecule has 7 heteroatoms. The fourth-order valence-electron chi connectivity index (χ4n) is 6.58. The summed E-state index contributed by atoms with van der Waals surface area (Å²) in [5.41, 5.74) is 0. The Labute approximate surface area is 276 Å². The van der Waals surface area contributed by atoms with Gasteiger partial charge in [-0.25, -0.2) is 0 Å². The van der Waals surface area contributed by atoms with Crippen LogP contribution in [0.4, 0.5) is 0 Å². The molecule has 0 amide bonds. The lowest BCUT2D eigenvalue weighted by atomic mass is 10.0. The highest BCUT2D eigenvalue weighted by atomic mass is 16.4. The molecule has 0 heterocycles. The monoisotopic (exact) mass is 638 g/mol. The number of carboxylic acids is 3. The summed E-state index contributed by atoms with van der Waals surface area (Å²) in [6, 6.07) is 0. The molecule has 0 aromatic rings. The van der Waals surface area contributed by atoms with Gasteiger partial charge in [-0.3, -0.25) is 9.59 Å². The molecule has 0 saturated carbocycles. The third kappa shape index (κ3) is 31.9. The molecule has 45 heavy (non-hydrogen) atoms. The van der Waals surface area contributed by atoms with Crippen LogP contribution in [0, 0.1) is 0 Å². The van der Waals surface area contributed by atoms with E-state index < -0.39 is 17.9 Å². The van der Waals surface area contributed by atoms with E-state index in [2.05, 4.69) is 6.58 Å². The molecule has 0 aromatic heterocycles. The van der Waals surface area contributed by atoms with Gasteiger partial charge >= 0.3 is 11.9 Å². The highest BCUT2D eigenvalue weighted by Gasteiger charge is 2.26. The lowest BCUT2D eigenvalue weighted by Crippen LogP contribution is -2.51. The number of hydrogen-bond donors (Lipinski definition) is 2. The van der Waals surface area contributed by atoms with Crippen LogP contribution in [0.15, 0.2) is 12.7 Å². The van der Waals surface area contributed by atoms with Crippen molar-refractivity contribution >= 4 is 17.9 Å². The number of carbonyl (C=O) groups is 3. The quantitative estimate of drug-likeness (QED) is 0.0399. The first-order chi connectivity index (χ1) is 21.8. The first kappa shape index (κ1) is 43.1. The average molecular weight is 638 g/mol. The molecule has 0 spiro atoms. The molecule has 0 aromatic carbocycles. The van der Waals surface area contributed by atoms with E-state index in [1.54, 1.807) is 0 Å². The number of nitrogens with zero attached hydrogens (tertiary/aromatic N) is 1. The number of hydrogen-bond acceptors (Lipinski definition) is 4. The number of allylic oxidation sites excluding steroid dienone is 1. The second kappa shape index (κ2) is 32.1. The predicted molar refractivity (Wildman–Crippen MR) is 184 cm³/mol. The van der Waals surface area contributed by atoms with Gasteiger partial charge in [0.05, 0.1) is 26.2 Å². The molecule has 0 rings (SSSR count). The number of carbonyl (C=O) groups excluding carboxylic acids is 1. The van der Waals surface area contributed by atoms with Crippen molar-refractivity contribution in [1.82, 2.24) is 0 Å². The Balaban J connectivity index is 4.15. The molecule has 0 unspecified atom stereocenters. The molecule has 7 nitrogen and oxygen atoms in total. The van der Waals surface area contributed by atoms with E-state index in [9.17, 15) is 19.5 Å². The topological polar surface area (TPSA) is 115 Å². The highest BCUT2D eigenvalue weighted by molar-refractivity contribution is 5.66. The zero-order chi connectivity index (χ0) is 33.3. The molecule has 0 saturated heterocycles. The fourth-order valence-corrected chi connectivity index (χ4v) is 6.58. The number of aliphatic carboxylic acids is 3. The average Bonchev–Trinajstić information content (AvgIpc) is 3.00. The van der Waals surface area contributed by atoms with Crippen molar-refractivity contribution in [2.75, 3.05) is 26.2 Å². The van der Waals surface area contributed by atoms with Gasteiger partial charge in [0.1, 0.15) is 0 Å². The van der Waals surface area contributed by atoms with Gasteiger partial charge in [0.2, 0.25) is 0 Å². The first-order valence-electron chi connectivity index (χ1n) is 18.9. The second-order valence-electron chi connectivity index (χ2n) is 13.6. The summed E-state index contributed by atoms with van der Waals surface area (Å²) in [6.07, 6.45) is 33.3. The van der Waals surface area contributed by atoms with Crippen molar-refractivity contribution in [3.63, 3.8) is 0 Å². The van der Waals surface area contributed by atoms with Crippen molar-refractivity contribution < 1.29 is 34.2 Å². The minimum absolute atomic E-state index is 0.0649. The molecule has 0 bridgehead atoms. The minimum atomic E-state index is -1.02. The third-order valence-electron chi connectivity index (χ3n) is 9.35. The van der Waals surface area contributed by atoms with E-state index in [0.29, 0.717) is 19.3 Å². The van der Waals surface area contributed by atoms with Crippen LogP contribution in [0.25, 0.3) is 0 Å². The van der Waals surface area contributed by atoms with Crippen molar-refractivity contribution in [1.29, 1.82) is 0 Å². The highest BCUT2D eigenvalue weighted by Crippen LogP contribution is 2.20. The van der Waals surface area contributed by atoms with Gasteiger partial charge in [-0.05, 0) is 70.6 Å². The van der Waals surface area contributed by atoms with Gasteiger partial charge in [0.15, 0.2) is 0 Å². The predicted octanol–water partition coefficient (Wildman–Crippen LogP) is 9.22. The Morgan fingerprint density at radius 2 is 0.711 bits per heavy atom. The van der Waals surface area contributed by atoms with Crippen LogP contribution >= 0.6 is 0 Å². The molecule has 0 radical (unpaired) electrons. The smallest absolute Gasteiger partial charge is 0.303 e. The van der Waals surface area contributed by atoms with Gasteiger partial charge in [0, 0.05) is 18.8 Å². The molecule has 0 atom stereocenters. The van der Waals surface area contributed by atoms with Gasteiger partial charge in [-0.1, -0.05) is 109 Å². The molecule has 0 fully saturated rings. The standard InChI is InChI=1S/C38H71NO6/c1-2-3-4-5-6-7-8-9-10-11-12-13-14-15-16-17-18-19-20-21-25-32-39(33-26-22-29-36(40)41,34-27-23-30-37(42)43)35-28-24-31-38(44)45/h2H,1,3-35H2,(H2-,40,41,42,43,44,45). The number of quaternary nitrogens is 1. The molecule has 2 N–H and O–H groups in total. The second-order valence-corrected chi connectivity index (χ2v) is 13.6. The fraction of sp³-hybridized carbons (Fsp3) is 0.868. The van der Waals surface area contributed by atoms with Gasteiger partial charge in [-0.15, -0.1) is 6.58 Å². The van der Waals surface area contributed by atoms with E-state index in [4.69, 9.17) is 10.2 Å². The van der Waals surface area contributed by atoms with E-state index in [-0.39, 0.29) is 19.3 Å². The van der Waals surface area contributed by atoms with Crippen LogP contribution < -0.4 is 5.11 Å². The molecule has 0 aliphatic heterocycles. The summed E-state index contributed by atoms with van der Waals surface area (Å²) in [4.78, 5) is 33.0. The largest absolute Gasteiger partial charge is 0.550 e. The van der Waals surface area contributed by atoms with Crippen LogP contribution in [0.2, 0.25) is 0 Å². The summed E-state index contributed by atoms with van der Waals surface area (Å²) in [6.45, 7) is 7.41. The maximum Gasteiger partial charge on any atom is 0.303 e. The lowest BCUT2D eigenvalue weighted by Gasteiger charge is -2.39. The third-order valence-corrected chi connectivity index (χ3v) is 9.35. The number of rotatable bonds is 37. The Kier molecular flexibility index (Phi) is 30.7. The van der Waals surface area contributed by atoms with Crippen LogP contribution in [-0.4, -0.2) is 58.8 Å². The van der Waals surface area contributed by atoms with Crippen molar-refractivity contribution in [3.8, 4) is 0 Å². The summed E-state index contributed by atoms with van der Waals surface area (Å²) < 4.78 is 0.850. The number of unbranched alkanes of at least 4 members (excludes halogenated alkanes) is 22. The van der Waals surface area contributed by atoms with Crippen LogP contribution in [0.1, 0.15) is 186 Å². The Morgan fingerprint density at radius 3 is 1.00 bits per heavy atom. The minimum Gasteiger partial charge on any atom is -0.550 e. The molecule has 0 aliphatic carbocycles. The maximum atomic E-state index is 11.0. The van der Waals surface area contributed by atoms with Gasteiger partial charge in [-0.2, -0.15) is 0 Å². The van der Waals surface area contributed by atoms with Crippen molar-refractivity contribution in [3.05, 3.63) is 12.7 Å². The van der Waals surface area contributed by atoms with Gasteiger partial charge < -0.3 is 24.6 Å². The first-order valence-corrected chi connectivity index (χ1v) is 18.9. The van der Waals surface area contributed by atoms with Crippen molar-refractivity contribution in [2.24, 2.45) is 0 Å². The van der Waals surface area contributed by atoms with E-state index >= 15 is 0 Å². The van der Waals surface area contributed by atoms with Crippen LogP contribution in [-0.2, 0) is 14.4 Å². The molecule has 264 valence electrons. The maximum absolute atomic E-state index is 11.0. The van der Waals surface area contributed by atoms with E-state index in [0.717, 1.165) is 56.3 Å². The Hall–Kier alpha value is -1.89. The van der Waals surface area contributed by atoms with Gasteiger partial charge in [0.25, 0.3) is 0 Å².